The number of aliphatic hydroxyl groups is 1. The fraction of sp³-hybridized carbons (Fsp3) is 0.889. The Labute approximate surface area is 161 Å². The molecule has 0 radical (unpaired) electrons. The van der Waals surface area contributed by atoms with Crippen molar-refractivity contribution in [1.29, 1.82) is 0 Å². The topological polar surface area (TPSA) is 72.8 Å². The van der Waals surface area contributed by atoms with E-state index in [4.69, 9.17) is 9.47 Å². The molecule has 0 fully saturated rings. The summed E-state index contributed by atoms with van der Waals surface area (Å²) in [6.45, 7) is 4.31. The summed E-state index contributed by atoms with van der Waals surface area (Å²) in [4.78, 5) is 23.8. The first-order valence-corrected chi connectivity index (χ1v) is 8.66. The molecular formula is C18H29F5O5. The highest BCUT2D eigenvalue weighted by Gasteiger charge is 2.68. The summed E-state index contributed by atoms with van der Waals surface area (Å²) >= 11 is 0. The van der Waals surface area contributed by atoms with Gasteiger partial charge in [-0.25, -0.2) is 8.78 Å². The summed E-state index contributed by atoms with van der Waals surface area (Å²) < 4.78 is 78.2. The SMILES string of the molecule is CC(C)C(=O)OCC(C)(CO)C(=O)OCC(C)(C)C(F)(F)C(C)(C)C(F)(F)F. The molecule has 0 bridgehead atoms. The summed E-state index contributed by atoms with van der Waals surface area (Å²) in [7, 11) is 0. The normalized spacial score (nSPS) is 15.9. The van der Waals surface area contributed by atoms with E-state index in [1.165, 1.54) is 6.92 Å². The molecule has 0 aliphatic rings. The third kappa shape index (κ3) is 5.33. The quantitative estimate of drug-likeness (QED) is 0.451. The van der Waals surface area contributed by atoms with Crippen LogP contribution in [-0.4, -0.2) is 49.0 Å². The zero-order chi connectivity index (χ0) is 22.8. The lowest BCUT2D eigenvalue weighted by Gasteiger charge is -2.44. The van der Waals surface area contributed by atoms with E-state index >= 15 is 0 Å². The molecule has 0 aromatic rings. The molecule has 1 N–H and O–H groups in total. The van der Waals surface area contributed by atoms with Crippen molar-refractivity contribution in [3.05, 3.63) is 0 Å². The van der Waals surface area contributed by atoms with Crippen molar-refractivity contribution in [2.75, 3.05) is 19.8 Å². The predicted molar refractivity (Wildman–Crippen MR) is 90.5 cm³/mol. The van der Waals surface area contributed by atoms with Crippen molar-refractivity contribution < 1.29 is 46.1 Å². The molecule has 0 aliphatic heterocycles. The lowest BCUT2D eigenvalue weighted by atomic mass is 9.70. The van der Waals surface area contributed by atoms with Gasteiger partial charge in [-0.1, -0.05) is 27.7 Å². The van der Waals surface area contributed by atoms with Gasteiger partial charge in [-0.05, 0) is 20.8 Å². The second-order valence-corrected chi connectivity index (χ2v) is 8.64. The Morgan fingerprint density at radius 1 is 0.893 bits per heavy atom. The van der Waals surface area contributed by atoms with E-state index in [1.807, 2.05) is 0 Å². The number of esters is 2. The standard InChI is InChI=1S/C18H29F5O5/c1-11(2)12(25)27-10-16(7,8-24)13(26)28-9-14(3,4)17(19,20)15(5,6)18(21,22)23/h11,24H,8-10H2,1-7H3. The molecule has 0 saturated carbocycles. The highest BCUT2D eigenvalue weighted by atomic mass is 19.4. The molecule has 166 valence electrons. The van der Waals surface area contributed by atoms with Gasteiger partial charge in [-0.15, -0.1) is 0 Å². The molecule has 10 heteroatoms. The summed E-state index contributed by atoms with van der Waals surface area (Å²) in [5.74, 6) is -6.59. The lowest BCUT2D eigenvalue weighted by molar-refractivity contribution is -0.317. The molecule has 0 heterocycles. The predicted octanol–water partition coefficient (Wildman–Crippen LogP) is 3.98. The number of rotatable bonds is 9. The highest BCUT2D eigenvalue weighted by molar-refractivity contribution is 5.78. The number of ether oxygens (including phenoxy) is 2. The third-order valence-corrected chi connectivity index (χ3v) is 4.75. The van der Waals surface area contributed by atoms with Gasteiger partial charge < -0.3 is 14.6 Å². The Bertz CT molecular complexity index is 569. The Hall–Kier alpha value is -1.45. The van der Waals surface area contributed by atoms with Gasteiger partial charge in [0.25, 0.3) is 5.92 Å². The Morgan fingerprint density at radius 2 is 1.36 bits per heavy atom. The van der Waals surface area contributed by atoms with Gasteiger partial charge in [0.2, 0.25) is 0 Å². The van der Waals surface area contributed by atoms with E-state index in [1.54, 1.807) is 13.8 Å². The Kier molecular flexibility index (Phi) is 8.06. The van der Waals surface area contributed by atoms with E-state index in [2.05, 4.69) is 0 Å². The van der Waals surface area contributed by atoms with E-state index in [0.29, 0.717) is 13.8 Å². The van der Waals surface area contributed by atoms with Crippen LogP contribution in [0.1, 0.15) is 48.5 Å². The van der Waals surface area contributed by atoms with Crippen molar-refractivity contribution >= 4 is 11.9 Å². The number of halogens is 5. The highest BCUT2D eigenvalue weighted by Crippen LogP contribution is 2.56. The lowest BCUT2D eigenvalue weighted by Crippen LogP contribution is -2.57. The van der Waals surface area contributed by atoms with Crippen LogP contribution in [0.2, 0.25) is 0 Å². The smallest absolute Gasteiger partial charge is 0.399 e. The molecule has 5 nitrogen and oxygen atoms in total. The van der Waals surface area contributed by atoms with Crippen molar-refractivity contribution in [1.82, 2.24) is 0 Å². The minimum Gasteiger partial charge on any atom is -0.464 e. The summed E-state index contributed by atoms with van der Waals surface area (Å²) in [6.07, 6.45) is -5.19. The fourth-order valence-corrected chi connectivity index (χ4v) is 2.10. The molecular weight excluding hydrogens is 391 g/mol. The molecule has 0 spiro atoms. The van der Waals surface area contributed by atoms with Gasteiger partial charge in [-0.2, -0.15) is 13.2 Å². The van der Waals surface area contributed by atoms with Crippen LogP contribution in [0.15, 0.2) is 0 Å². The van der Waals surface area contributed by atoms with Gasteiger partial charge in [-0.3, -0.25) is 9.59 Å². The molecule has 0 aromatic heterocycles. The van der Waals surface area contributed by atoms with E-state index in [9.17, 15) is 36.6 Å². The molecule has 28 heavy (non-hydrogen) atoms. The van der Waals surface area contributed by atoms with Crippen LogP contribution in [-0.2, 0) is 19.1 Å². The number of carbonyl (C=O) groups excluding carboxylic acids is 2. The van der Waals surface area contributed by atoms with E-state index in [-0.39, 0.29) is 0 Å². The molecule has 1 atom stereocenters. The van der Waals surface area contributed by atoms with Gasteiger partial charge in [0.15, 0.2) is 0 Å². The van der Waals surface area contributed by atoms with Crippen LogP contribution in [0.4, 0.5) is 22.0 Å². The first-order valence-electron chi connectivity index (χ1n) is 8.66. The Morgan fingerprint density at radius 3 is 1.71 bits per heavy atom. The minimum absolute atomic E-state index is 0.375. The molecule has 0 saturated heterocycles. The van der Waals surface area contributed by atoms with Crippen LogP contribution < -0.4 is 0 Å². The van der Waals surface area contributed by atoms with Crippen molar-refractivity contribution in [2.45, 2.75) is 60.6 Å². The maximum atomic E-state index is 14.6. The van der Waals surface area contributed by atoms with Crippen LogP contribution in [0.25, 0.3) is 0 Å². The largest absolute Gasteiger partial charge is 0.464 e. The van der Waals surface area contributed by atoms with Gasteiger partial charge in [0, 0.05) is 0 Å². The summed E-state index contributed by atoms with van der Waals surface area (Å²) in [5.41, 5.74) is -7.48. The van der Waals surface area contributed by atoms with E-state index < -0.39 is 66.0 Å². The van der Waals surface area contributed by atoms with Crippen LogP contribution in [0, 0.1) is 22.2 Å². The number of alkyl halides is 5. The second kappa shape index (κ2) is 8.51. The van der Waals surface area contributed by atoms with Crippen molar-refractivity contribution in [2.24, 2.45) is 22.2 Å². The molecule has 0 rings (SSSR count). The summed E-state index contributed by atoms with van der Waals surface area (Å²) in [5, 5.41) is 9.44. The summed E-state index contributed by atoms with van der Waals surface area (Å²) in [6, 6.07) is 0. The van der Waals surface area contributed by atoms with Crippen LogP contribution in [0.5, 0.6) is 0 Å². The first kappa shape index (κ1) is 26.6. The maximum absolute atomic E-state index is 14.6. The van der Waals surface area contributed by atoms with Crippen LogP contribution >= 0.6 is 0 Å². The van der Waals surface area contributed by atoms with Gasteiger partial charge in [0.05, 0.1) is 17.9 Å². The minimum atomic E-state index is -5.19. The third-order valence-electron chi connectivity index (χ3n) is 4.75. The number of carbonyl (C=O) groups is 2. The van der Waals surface area contributed by atoms with Gasteiger partial charge in [0.1, 0.15) is 24.0 Å². The average Bonchev–Trinajstić information content (AvgIpc) is 2.55. The first-order chi connectivity index (χ1) is 12.3. The molecule has 0 aliphatic carbocycles. The van der Waals surface area contributed by atoms with Crippen molar-refractivity contribution in [3.63, 3.8) is 0 Å². The molecule has 0 amide bonds. The zero-order valence-electron chi connectivity index (χ0n) is 17.2. The van der Waals surface area contributed by atoms with Crippen molar-refractivity contribution in [3.8, 4) is 0 Å². The molecule has 0 aromatic carbocycles. The van der Waals surface area contributed by atoms with Gasteiger partial charge >= 0.3 is 18.1 Å². The maximum Gasteiger partial charge on any atom is 0.399 e. The zero-order valence-corrected chi connectivity index (χ0v) is 17.2. The molecule has 1 unspecified atom stereocenters. The Balaban J connectivity index is 5.32. The van der Waals surface area contributed by atoms with Crippen LogP contribution in [0.3, 0.4) is 0 Å². The van der Waals surface area contributed by atoms with E-state index in [0.717, 1.165) is 13.8 Å². The monoisotopic (exact) mass is 420 g/mol. The number of hydrogen-bond donors (Lipinski definition) is 1. The average molecular weight is 420 g/mol. The number of hydrogen-bond acceptors (Lipinski definition) is 5. The fourth-order valence-electron chi connectivity index (χ4n) is 2.10. The second-order valence-electron chi connectivity index (χ2n) is 8.64. The number of aliphatic hydroxyl groups excluding tert-OH is 1.